The smallest absolute Gasteiger partial charge is 0.337 e. The molecular formula is C9H7BO3. The number of ether oxygens (including phenoxy) is 1. The Kier molecular flexibility index (Phi) is 2.85. The third-order valence-corrected chi connectivity index (χ3v) is 1.63. The SMILES string of the molecule is [B]c1ccc(C(=O)OC)cc1C=O. The number of carbonyl (C=O) groups excluding carboxylic acids is 2. The molecule has 2 radical (unpaired) electrons. The highest BCUT2D eigenvalue weighted by molar-refractivity contribution is 6.35. The summed E-state index contributed by atoms with van der Waals surface area (Å²) in [7, 11) is 6.74. The lowest BCUT2D eigenvalue weighted by Crippen LogP contribution is -2.12. The lowest BCUT2D eigenvalue weighted by atomic mass is 9.90. The van der Waals surface area contributed by atoms with E-state index in [0.717, 1.165) is 0 Å². The number of methoxy groups -OCH3 is 1. The fourth-order valence-corrected chi connectivity index (χ4v) is 0.922. The van der Waals surface area contributed by atoms with Crippen LogP contribution < -0.4 is 5.46 Å². The second-order valence-electron chi connectivity index (χ2n) is 2.45. The molecule has 1 aromatic rings. The zero-order valence-electron chi connectivity index (χ0n) is 7.11. The molecule has 0 spiro atoms. The van der Waals surface area contributed by atoms with E-state index in [2.05, 4.69) is 4.74 Å². The molecule has 13 heavy (non-hydrogen) atoms. The van der Waals surface area contributed by atoms with Crippen molar-refractivity contribution in [2.24, 2.45) is 0 Å². The minimum Gasteiger partial charge on any atom is -0.465 e. The fourth-order valence-electron chi connectivity index (χ4n) is 0.922. The van der Waals surface area contributed by atoms with Crippen molar-refractivity contribution in [2.75, 3.05) is 7.11 Å². The van der Waals surface area contributed by atoms with Crippen molar-refractivity contribution >= 4 is 25.6 Å². The van der Waals surface area contributed by atoms with Crippen LogP contribution in [-0.4, -0.2) is 27.2 Å². The first-order valence-electron chi connectivity index (χ1n) is 3.62. The predicted molar refractivity (Wildman–Crippen MR) is 48.6 cm³/mol. The molecule has 64 valence electrons. The molecule has 0 aliphatic carbocycles. The van der Waals surface area contributed by atoms with Gasteiger partial charge in [0.05, 0.1) is 12.7 Å². The zero-order valence-corrected chi connectivity index (χ0v) is 7.11. The molecule has 0 heterocycles. The van der Waals surface area contributed by atoms with Crippen molar-refractivity contribution in [3.63, 3.8) is 0 Å². The molecule has 0 N–H and O–H groups in total. The summed E-state index contributed by atoms with van der Waals surface area (Å²) in [6, 6.07) is 4.40. The average molecular weight is 174 g/mol. The van der Waals surface area contributed by atoms with Crippen molar-refractivity contribution < 1.29 is 14.3 Å². The van der Waals surface area contributed by atoms with Crippen molar-refractivity contribution in [2.45, 2.75) is 0 Å². The van der Waals surface area contributed by atoms with Crippen LogP contribution in [0.4, 0.5) is 0 Å². The highest BCUT2D eigenvalue weighted by Gasteiger charge is 2.06. The van der Waals surface area contributed by atoms with E-state index in [9.17, 15) is 9.59 Å². The maximum atomic E-state index is 11.0. The predicted octanol–water partition coefficient (Wildman–Crippen LogP) is 0.0795. The molecular weight excluding hydrogens is 167 g/mol. The van der Waals surface area contributed by atoms with Gasteiger partial charge in [-0.25, -0.2) is 4.79 Å². The minimum absolute atomic E-state index is 0.294. The summed E-state index contributed by atoms with van der Waals surface area (Å²) in [6.45, 7) is 0. The van der Waals surface area contributed by atoms with E-state index in [1.54, 1.807) is 0 Å². The van der Waals surface area contributed by atoms with Gasteiger partial charge >= 0.3 is 5.97 Å². The molecule has 0 fully saturated rings. The Morgan fingerprint density at radius 3 is 2.77 bits per heavy atom. The first-order valence-corrected chi connectivity index (χ1v) is 3.62. The van der Waals surface area contributed by atoms with Crippen LogP contribution >= 0.6 is 0 Å². The number of hydrogen-bond donors (Lipinski definition) is 0. The van der Waals surface area contributed by atoms with E-state index in [1.165, 1.54) is 25.3 Å². The zero-order chi connectivity index (χ0) is 9.84. The third-order valence-electron chi connectivity index (χ3n) is 1.63. The summed E-state index contributed by atoms with van der Waals surface area (Å²) in [5.74, 6) is -0.483. The number of carbonyl (C=O) groups is 2. The third kappa shape index (κ3) is 1.96. The van der Waals surface area contributed by atoms with Crippen LogP contribution in [0.15, 0.2) is 18.2 Å². The van der Waals surface area contributed by atoms with Gasteiger partial charge in [-0.15, -0.1) is 0 Å². The molecule has 4 heteroatoms. The average Bonchev–Trinajstić information content (AvgIpc) is 2.17. The summed E-state index contributed by atoms with van der Waals surface area (Å²) in [5, 5.41) is 0. The van der Waals surface area contributed by atoms with Crippen LogP contribution in [0.25, 0.3) is 0 Å². The molecule has 0 saturated carbocycles. The van der Waals surface area contributed by atoms with Gasteiger partial charge in [0, 0.05) is 5.56 Å². The maximum Gasteiger partial charge on any atom is 0.337 e. The first kappa shape index (κ1) is 9.51. The van der Waals surface area contributed by atoms with Crippen LogP contribution in [-0.2, 0) is 4.74 Å². The van der Waals surface area contributed by atoms with Crippen LogP contribution in [0.2, 0.25) is 0 Å². The van der Waals surface area contributed by atoms with Gasteiger partial charge in [-0.05, 0) is 12.1 Å². The number of aldehydes is 1. The largest absolute Gasteiger partial charge is 0.465 e. The van der Waals surface area contributed by atoms with E-state index in [-0.39, 0.29) is 0 Å². The van der Waals surface area contributed by atoms with E-state index in [0.29, 0.717) is 22.9 Å². The standard InChI is InChI=1S/C9H7BO3/c1-13-9(12)6-2-3-8(10)7(4-6)5-11/h2-5H,1H3. The highest BCUT2D eigenvalue weighted by atomic mass is 16.5. The Hall–Kier alpha value is -1.58. The molecule has 0 amide bonds. The maximum absolute atomic E-state index is 11.0. The molecule has 0 saturated heterocycles. The van der Waals surface area contributed by atoms with Gasteiger partial charge in [0.25, 0.3) is 0 Å². The van der Waals surface area contributed by atoms with E-state index in [1.807, 2.05) is 0 Å². The van der Waals surface area contributed by atoms with Crippen LogP contribution in [0, 0.1) is 0 Å². The molecule has 1 aromatic carbocycles. The molecule has 1 rings (SSSR count). The van der Waals surface area contributed by atoms with Gasteiger partial charge in [-0.2, -0.15) is 0 Å². The number of esters is 1. The Bertz CT molecular complexity index is 347. The Morgan fingerprint density at radius 2 is 2.23 bits per heavy atom. The van der Waals surface area contributed by atoms with Gasteiger partial charge < -0.3 is 4.74 Å². The Labute approximate surface area is 77.1 Å². The fraction of sp³-hybridized carbons (Fsp3) is 0.111. The monoisotopic (exact) mass is 174 g/mol. The molecule has 0 aliphatic rings. The second kappa shape index (κ2) is 3.89. The summed E-state index contributed by atoms with van der Waals surface area (Å²) in [4.78, 5) is 21.5. The van der Waals surface area contributed by atoms with Crippen molar-refractivity contribution in [1.29, 1.82) is 0 Å². The highest BCUT2D eigenvalue weighted by Crippen LogP contribution is 2.02. The van der Waals surface area contributed by atoms with Crippen LogP contribution in [0.3, 0.4) is 0 Å². The van der Waals surface area contributed by atoms with Crippen LogP contribution in [0.5, 0.6) is 0 Å². The summed E-state index contributed by atoms with van der Waals surface area (Å²) in [5.41, 5.74) is 0.962. The normalized spacial score (nSPS) is 9.31. The summed E-state index contributed by atoms with van der Waals surface area (Å²) >= 11 is 0. The van der Waals surface area contributed by atoms with E-state index < -0.39 is 5.97 Å². The van der Waals surface area contributed by atoms with Crippen molar-refractivity contribution in [1.82, 2.24) is 0 Å². The molecule has 0 aromatic heterocycles. The lowest BCUT2D eigenvalue weighted by Gasteiger charge is -2.02. The van der Waals surface area contributed by atoms with Gasteiger partial charge in [0.2, 0.25) is 0 Å². The van der Waals surface area contributed by atoms with E-state index in [4.69, 9.17) is 7.85 Å². The molecule has 0 atom stereocenters. The summed E-state index contributed by atoms with van der Waals surface area (Å²) in [6.07, 6.45) is 0.599. The summed E-state index contributed by atoms with van der Waals surface area (Å²) < 4.78 is 4.48. The lowest BCUT2D eigenvalue weighted by molar-refractivity contribution is 0.0601. The quantitative estimate of drug-likeness (QED) is 0.362. The number of hydrogen-bond acceptors (Lipinski definition) is 3. The molecule has 0 aliphatic heterocycles. The van der Waals surface area contributed by atoms with Gasteiger partial charge in [0.1, 0.15) is 14.1 Å². The van der Waals surface area contributed by atoms with Crippen molar-refractivity contribution in [3.8, 4) is 0 Å². The first-order chi connectivity index (χ1) is 6.19. The van der Waals surface area contributed by atoms with Gasteiger partial charge in [0.15, 0.2) is 0 Å². The number of benzene rings is 1. The Morgan fingerprint density at radius 1 is 1.54 bits per heavy atom. The van der Waals surface area contributed by atoms with Crippen molar-refractivity contribution in [3.05, 3.63) is 29.3 Å². The van der Waals surface area contributed by atoms with Gasteiger partial charge in [-0.3, -0.25) is 4.79 Å². The van der Waals surface area contributed by atoms with E-state index >= 15 is 0 Å². The van der Waals surface area contributed by atoms with Gasteiger partial charge in [-0.1, -0.05) is 11.5 Å². The topological polar surface area (TPSA) is 43.4 Å². The molecule has 0 unspecified atom stereocenters. The Balaban J connectivity index is 3.13. The second-order valence-corrected chi connectivity index (χ2v) is 2.45. The number of rotatable bonds is 2. The molecule has 3 nitrogen and oxygen atoms in total. The van der Waals surface area contributed by atoms with Crippen LogP contribution in [0.1, 0.15) is 20.7 Å². The minimum atomic E-state index is -0.483. The molecule has 0 bridgehead atoms.